The topological polar surface area (TPSA) is 72.2 Å². The van der Waals surface area contributed by atoms with Gasteiger partial charge in [-0.15, -0.1) is 11.3 Å². The van der Waals surface area contributed by atoms with Crippen molar-refractivity contribution >= 4 is 21.4 Å². The number of nitrogens with zero attached hydrogens (tertiary/aromatic N) is 1. The van der Waals surface area contributed by atoms with Crippen LogP contribution >= 0.6 is 11.3 Å². The average molecular weight is 367 g/mol. The highest BCUT2D eigenvalue weighted by molar-refractivity contribution is 7.89. The van der Waals surface area contributed by atoms with E-state index in [1.54, 1.807) is 6.07 Å². The van der Waals surface area contributed by atoms with Gasteiger partial charge in [-0.1, -0.05) is 16.8 Å². The Balaban J connectivity index is 1.81. The van der Waals surface area contributed by atoms with Crippen LogP contribution in [-0.4, -0.2) is 20.1 Å². The standard InChI is InChI=1S/C17H22N2O3S2/c1-12-16(15-9-10-18-22-15)17(13(2)23-12)24(20,21)19-11-8-14-6-4-3-5-7-14/h6,9-10,19H,3-5,7-8,11H2,1-2H3. The molecular formula is C17H22N2O3S2. The van der Waals surface area contributed by atoms with Gasteiger partial charge in [0, 0.05) is 22.4 Å². The minimum atomic E-state index is -3.58. The van der Waals surface area contributed by atoms with E-state index in [0.29, 0.717) is 22.8 Å². The first kappa shape index (κ1) is 17.4. The van der Waals surface area contributed by atoms with Gasteiger partial charge < -0.3 is 4.52 Å². The summed E-state index contributed by atoms with van der Waals surface area (Å²) in [5, 5.41) is 3.70. The Labute approximate surface area is 146 Å². The van der Waals surface area contributed by atoms with Crippen molar-refractivity contribution in [3.63, 3.8) is 0 Å². The van der Waals surface area contributed by atoms with Gasteiger partial charge in [0.2, 0.25) is 10.0 Å². The molecule has 24 heavy (non-hydrogen) atoms. The van der Waals surface area contributed by atoms with Gasteiger partial charge in [-0.2, -0.15) is 0 Å². The van der Waals surface area contributed by atoms with Gasteiger partial charge in [0.1, 0.15) is 4.90 Å². The molecule has 0 aromatic carbocycles. The average Bonchev–Trinajstić information content (AvgIpc) is 3.15. The summed E-state index contributed by atoms with van der Waals surface area (Å²) in [4.78, 5) is 2.00. The molecule has 0 radical (unpaired) electrons. The zero-order valence-corrected chi connectivity index (χ0v) is 15.6. The van der Waals surface area contributed by atoms with E-state index in [2.05, 4.69) is 16.0 Å². The summed E-state index contributed by atoms with van der Waals surface area (Å²) in [5.41, 5.74) is 1.98. The quantitative estimate of drug-likeness (QED) is 0.778. The van der Waals surface area contributed by atoms with Crippen LogP contribution < -0.4 is 4.72 Å². The third kappa shape index (κ3) is 3.63. The van der Waals surface area contributed by atoms with Crippen molar-refractivity contribution in [3.05, 3.63) is 33.7 Å². The molecule has 3 rings (SSSR count). The summed E-state index contributed by atoms with van der Waals surface area (Å²) in [6, 6.07) is 1.69. The van der Waals surface area contributed by atoms with E-state index in [1.165, 1.54) is 35.9 Å². The number of sulfonamides is 1. The van der Waals surface area contributed by atoms with Gasteiger partial charge in [-0.05, 0) is 46.0 Å². The van der Waals surface area contributed by atoms with Gasteiger partial charge in [-0.25, -0.2) is 13.1 Å². The fourth-order valence-electron chi connectivity index (χ4n) is 3.17. The lowest BCUT2D eigenvalue weighted by Crippen LogP contribution is -2.26. The number of nitrogens with one attached hydrogen (secondary N) is 1. The van der Waals surface area contributed by atoms with Crippen molar-refractivity contribution in [2.75, 3.05) is 6.54 Å². The number of rotatable bonds is 6. The van der Waals surface area contributed by atoms with Crippen molar-refractivity contribution in [1.29, 1.82) is 0 Å². The van der Waals surface area contributed by atoms with Gasteiger partial charge in [0.25, 0.3) is 0 Å². The molecular weight excluding hydrogens is 344 g/mol. The van der Waals surface area contributed by atoms with Crippen LogP contribution in [-0.2, 0) is 10.0 Å². The second kappa shape index (κ2) is 7.21. The Hall–Kier alpha value is -1.44. The minimum Gasteiger partial charge on any atom is -0.356 e. The summed E-state index contributed by atoms with van der Waals surface area (Å²) in [5.74, 6) is 0.493. The Morgan fingerprint density at radius 1 is 1.29 bits per heavy atom. The largest absolute Gasteiger partial charge is 0.356 e. The van der Waals surface area contributed by atoms with Crippen LogP contribution in [0.5, 0.6) is 0 Å². The number of aryl methyl sites for hydroxylation is 2. The van der Waals surface area contributed by atoms with Crippen LogP contribution in [0.15, 0.2) is 33.3 Å². The Morgan fingerprint density at radius 2 is 2.12 bits per heavy atom. The van der Waals surface area contributed by atoms with Crippen LogP contribution in [0, 0.1) is 13.8 Å². The molecule has 0 unspecified atom stereocenters. The third-order valence-corrected chi connectivity index (χ3v) is 7.06. The van der Waals surface area contributed by atoms with Crippen LogP contribution in [0.1, 0.15) is 41.9 Å². The first-order valence-corrected chi connectivity index (χ1v) is 10.5. The number of allylic oxidation sites excluding steroid dienone is 1. The smallest absolute Gasteiger partial charge is 0.242 e. The maximum Gasteiger partial charge on any atom is 0.242 e. The third-order valence-electron chi connectivity index (χ3n) is 4.28. The minimum absolute atomic E-state index is 0.319. The molecule has 130 valence electrons. The molecule has 0 saturated heterocycles. The Bertz CT molecular complexity index is 834. The molecule has 0 saturated carbocycles. The number of hydrogen-bond acceptors (Lipinski definition) is 5. The summed E-state index contributed by atoms with van der Waals surface area (Å²) >= 11 is 1.46. The molecule has 2 aromatic heterocycles. The monoisotopic (exact) mass is 366 g/mol. The molecule has 2 aromatic rings. The molecule has 0 atom stereocenters. The first-order chi connectivity index (χ1) is 11.5. The lowest BCUT2D eigenvalue weighted by molar-refractivity contribution is 0.431. The molecule has 1 aliphatic carbocycles. The Morgan fingerprint density at radius 3 is 2.79 bits per heavy atom. The fourth-order valence-corrected chi connectivity index (χ4v) is 6.06. The predicted molar refractivity (Wildman–Crippen MR) is 95.6 cm³/mol. The van der Waals surface area contributed by atoms with Gasteiger partial charge in [-0.3, -0.25) is 0 Å². The molecule has 0 spiro atoms. The maximum absolute atomic E-state index is 12.8. The van der Waals surface area contributed by atoms with Gasteiger partial charge in [0.15, 0.2) is 5.76 Å². The summed E-state index contributed by atoms with van der Waals surface area (Å²) in [6.45, 7) is 4.16. The van der Waals surface area contributed by atoms with E-state index < -0.39 is 10.0 Å². The van der Waals surface area contributed by atoms with Crippen molar-refractivity contribution in [2.45, 2.75) is 50.8 Å². The highest BCUT2D eigenvalue weighted by Gasteiger charge is 2.27. The van der Waals surface area contributed by atoms with E-state index in [0.717, 1.165) is 29.0 Å². The number of hydrogen-bond donors (Lipinski definition) is 1. The van der Waals surface area contributed by atoms with Crippen LogP contribution in [0.4, 0.5) is 0 Å². The van der Waals surface area contributed by atoms with E-state index in [-0.39, 0.29) is 0 Å². The van der Waals surface area contributed by atoms with Crippen molar-refractivity contribution < 1.29 is 12.9 Å². The lowest BCUT2D eigenvalue weighted by Gasteiger charge is -2.13. The molecule has 0 fully saturated rings. The molecule has 7 heteroatoms. The highest BCUT2D eigenvalue weighted by atomic mass is 32.2. The first-order valence-electron chi connectivity index (χ1n) is 8.17. The molecule has 2 heterocycles. The summed E-state index contributed by atoms with van der Waals surface area (Å²) in [6.07, 6.45) is 9.19. The molecule has 1 aliphatic rings. The fraction of sp³-hybridized carbons (Fsp3) is 0.471. The maximum atomic E-state index is 12.8. The van der Waals surface area contributed by atoms with E-state index in [4.69, 9.17) is 4.52 Å². The molecule has 1 N–H and O–H groups in total. The second-order valence-electron chi connectivity index (χ2n) is 6.05. The predicted octanol–water partition coefficient (Wildman–Crippen LogP) is 4.19. The van der Waals surface area contributed by atoms with Crippen LogP contribution in [0.25, 0.3) is 11.3 Å². The van der Waals surface area contributed by atoms with E-state index in [9.17, 15) is 8.42 Å². The van der Waals surface area contributed by atoms with Crippen LogP contribution in [0.3, 0.4) is 0 Å². The molecule has 0 amide bonds. The highest BCUT2D eigenvalue weighted by Crippen LogP contribution is 2.38. The molecule has 0 aliphatic heterocycles. The number of thiophene rings is 1. The summed E-state index contributed by atoms with van der Waals surface area (Å²) < 4.78 is 33.6. The zero-order valence-electron chi connectivity index (χ0n) is 14.0. The molecule has 0 bridgehead atoms. The van der Waals surface area contributed by atoms with Gasteiger partial charge >= 0.3 is 0 Å². The van der Waals surface area contributed by atoms with Crippen molar-refractivity contribution in [3.8, 4) is 11.3 Å². The van der Waals surface area contributed by atoms with Crippen molar-refractivity contribution in [1.82, 2.24) is 9.88 Å². The zero-order chi connectivity index (χ0) is 17.2. The number of aromatic nitrogens is 1. The molecule has 5 nitrogen and oxygen atoms in total. The van der Waals surface area contributed by atoms with E-state index >= 15 is 0 Å². The summed E-state index contributed by atoms with van der Waals surface area (Å²) in [7, 11) is -3.58. The van der Waals surface area contributed by atoms with Crippen molar-refractivity contribution in [2.24, 2.45) is 0 Å². The second-order valence-corrected chi connectivity index (χ2v) is 9.18. The van der Waals surface area contributed by atoms with Gasteiger partial charge in [0.05, 0.1) is 11.8 Å². The lowest BCUT2D eigenvalue weighted by atomic mass is 9.97. The van der Waals surface area contributed by atoms with Crippen LogP contribution in [0.2, 0.25) is 0 Å². The van der Waals surface area contributed by atoms with E-state index in [1.807, 2.05) is 13.8 Å². The normalized spacial score (nSPS) is 15.5. The SMILES string of the molecule is Cc1sc(C)c(S(=O)(=O)NCCC2=CCCCC2)c1-c1ccno1. The Kier molecular flexibility index (Phi) is 5.22.